The van der Waals surface area contributed by atoms with Crippen LogP contribution in [0.4, 0.5) is 4.39 Å². The quantitative estimate of drug-likeness (QED) is 0.881. The van der Waals surface area contributed by atoms with Gasteiger partial charge in [-0.25, -0.2) is 12.8 Å². The third kappa shape index (κ3) is 2.90. The Bertz CT molecular complexity index is 497. The third-order valence-electron chi connectivity index (χ3n) is 1.54. The molecule has 0 aliphatic heterocycles. The predicted molar refractivity (Wildman–Crippen MR) is 51.1 cm³/mol. The summed E-state index contributed by atoms with van der Waals surface area (Å²) in [5, 5.41) is 8.36. The molecule has 0 saturated carbocycles. The van der Waals surface area contributed by atoms with E-state index in [4.69, 9.17) is 16.7 Å². The number of halogens is 2. The molecule has 0 bridgehead atoms. The lowest BCUT2D eigenvalue weighted by atomic mass is 10.3. The Morgan fingerprint density at radius 2 is 2.07 bits per heavy atom. The Labute approximate surface area is 90.2 Å². The van der Waals surface area contributed by atoms with Crippen LogP contribution in [0.25, 0.3) is 0 Å². The fourth-order valence-electron chi connectivity index (χ4n) is 0.956. The number of carboxylic acid groups (broad SMARTS) is 1. The maximum absolute atomic E-state index is 13.1. The van der Waals surface area contributed by atoms with Crippen LogP contribution in [0.2, 0.25) is 5.02 Å². The molecule has 0 aliphatic rings. The van der Waals surface area contributed by atoms with Gasteiger partial charge in [-0.2, -0.15) is 0 Å². The molecular formula is C8H6ClFO4S. The molecule has 15 heavy (non-hydrogen) atoms. The first-order chi connectivity index (χ1) is 6.83. The molecule has 0 saturated heterocycles. The van der Waals surface area contributed by atoms with Crippen molar-refractivity contribution in [2.24, 2.45) is 0 Å². The molecule has 0 radical (unpaired) electrons. The van der Waals surface area contributed by atoms with E-state index in [1.165, 1.54) is 6.07 Å². The first-order valence-corrected chi connectivity index (χ1v) is 5.75. The van der Waals surface area contributed by atoms with Crippen LogP contribution >= 0.6 is 11.6 Å². The fourth-order valence-corrected chi connectivity index (χ4v) is 2.34. The number of aliphatic carboxylic acids is 1. The molecule has 4 nitrogen and oxygen atoms in total. The van der Waals surface area contributed by atoms with Crippen molar-refractivity contribution in [2.75, 3.05) is 5.75 Å². The van der Waals surface area contributed by atoms with Gasteiger partial charge in [-0.1, -0.05) is 11.6 Å². The molecule has 0 atom stereocenters. The molecule has 0 heterocycles. The van der Waals surface area contributed by atoms with Crippen LogP contribution in [0.1, 0.15) is 0 Å². The van der Waals surface area contributed by atoms with Crippen molar-refractivity contribution in [3.8, 4) is 0 Å². The number of carboxylic acids is 1. The summed E-state index contributed by atoms with van der Waals surface area (Å²) in [6, 6.07) is 2.93. The van der Waals surface area contributed by atoms with Gasteiger partial charge in [-0.15, -0.1) is 0 Å². The number of rotatable bonds is 3. The number of carbonyl (C=O) groups is 1. The highest BCUT2D eigenvalue weighted by Crippen LogP contribution is 2.20. The van der Waals surface area contributed by atoms with Gasteiger partial charge in [0.2, 0.25) is 0 Å². The zero-order chi connectivity index (χ0) is 11.6. The summed E-state index contributed by atoms with van der Waals surface area (Å²) in [5.41, 5.74) is 0. The van der Waals surface area contributed by atoms with Crippen LogP contribution < -0.4 is 0 Å². The zero-order valence-corrected chi connectivity index (χ0v) is 8.85. The van der Waals surface area contributed by atoms with E-state index < -0.39 is 32.3 Å². The van der Waals surface area contributed by atoms with Crippen molar-refractivity contribution in [2.45, 2.75) is 4.90 Å². The minimum absolute atomic E-state index is 0.0281. The van der Waals surface area contributed by atoms with Crippen molar-refractivity contribution in [1.29, 1.82) is 0 Å². The molecule has 0 spiro atoms. The molecule has 0 unspecified atom stereocenters. The first-order valence-electron chi connectivity index (χ1n) is 3.72. The summed E-state index contributed by atoms with van der Waals surface area (Å²) in [6.45, 7) is 0. The lowest BCUT2D eigenvalue weighted by Gasteiger charge is -2.03. The van der Waals surface area contributed by atoms with Gasteiger partial charge in [-0.3, -0.25) is 4.79 Å². The Morgan fingerprint density at radius 3 is 2.60 bits per heavy atom. The second kappa shape index (κ2) is 4.16. The monoisotopic (exact) mass is 252 g/mol. The highest BCUT2D eigenvalue weighted by molar-refractivity contribution is 7.92. The molecule has 1 aromatic rings. The van der Waals surface area contributed by atoms with E-state index in [0.29, 0.717) is 0 Å². The van der Waals surface area contributed by atoms with Gasteiger partial charge in [0, 0.05) is 5.02 Å². The summed E-state index contributed by atoms with van der Waals surface area (Å²) < 4.78 is 35.8. The van der Waals surface area contributed by atoms with Gasteiger partial charge in [0.05, 0.1) is 0 Å². The maximum atomic E-state index is 13.1. The van der Waals surface area contributed by atoms with Gasteiger partial charge in [0.1, 0.15) is 10.7 Å². The van der Waals surface area contributed by atoms with Crippen LogP contribution in [0.3, 0.4) is 0 Å². The van der Waals surface area contributed by atoms with E-state index in [0.717, 1.165) is 12.1 Å². The van der Waals surface area contributed by atoms with E-state index in [1.54, 1.807) is 0 Å². The average molecular weight is 253 g/mol. The van der Waals surface area contributed by atoms with Crippen LogP contribution in [0.5, 0.6) is 0 Å². The van der Waals surface area contributed by atoms with E-state index in [1.807, 2.05) is 0 Å². The van der Waals surface area contributed by atoms with Gasteiger partial charge >= 0.3 is 5.97 Å². The largest absolute Gasteiger partial charge is 0.480 e. The molecule has 82 valence electrons. The first kappa shape index (κ1) is 11.9. The van der Waals surface area contributed by atoms with Crippen molar-refractivity contribution in [3.63, 3.8) is 0 Å². The molecule has 0 aromatic heterocycles. The topological polar surface area (TPSA) is 71.4 Å². The Hall–Kier alpha value is -1.14. The number of sulfone groups is 1. The standard InChI is InChI=1S/C8H6ClFO4S/c9-5-1-2-6(10)7(3-5)15(13,14)4-8(11)12/h1-3H,4H2,(H,11,12). The second-order valence-corrected chi connectivity index (χ2v) is 5.12. The molecule has 0 fully saturated rings. The number of hydrogen-bond acceptors (Lipinski definition) is 3. The normalized spacial score (nSPS) is 11.3. The van der Waals surface area contributed by atoms with Gasteiger partial charge in [0.25, 0.3) is 0 Å². The summed E-state index contributed by atoms with van der Waals surface area (Å²) >= 11 is 5.48. The lowest BCUT2D eigenvalue weighted by molar-refractivity contribution is -0.134. The maximum Gasteiger partial charge on any atom is 0.319 e. The molecule has 1 aromatic carbocycles. The minimum atomic E-state index is -4.17. The van der Waals surface area contributed by atoms with Gasteiger partial charge < -0.3 is 5.11 Å². The van der Waals surface area contributed by atoms with E-state index in [9.17, 15) is 17.6 Å². The highest BCUT2D eigenvalue weighted by atomic mass is 35.5. The van der Waals surface area contributed by atoms with Crippen LogP contribution in [-0.4, -0.2) is 25.2 Å². The van der Waals surface area contributed by atoms with E-state index in [2.05, 4.69) is 0 Å². The minimum Gasteiger partial charge on any atom is -0.480 e. The fraction of sp³-hybridized carbons (Fsp3) is 0.125. The van der Waals surface area contributed by atoms with Gasteiger partial charge in [-0.05, 0) is 18.2 Å². The van der Waals surface area contributed by atoms with Crippen molar-refractivity contribution in [1.82, 2.24) is 0 Å². The lowest BCUT2D eigenvalue weighted by Crippen LogP contribution is -2.16. The molecule has 7 heteroatoms. The van der Waals surface area contributed by atoms with Crippen LogP contribution in [-0.2, 0) is 14.6 Å². The van der Waals surface area contributed by atoms with Crippen molar-refractivity contribution < 1.29 is 22.7 Å². The SMILES string of the molecule is O=C(O)CS(=O)(=O)c1cc(Cl)ccc1F. The highest BCUT2D eigenvalue weighted by Gasteiger charge is 2.22. The van der Waals surface area contributed by atoms with E-state index in [-0.39, 0.29) is 5.02 Å². The molecular weight excluding hydrogens is 247 g/mol. The molecule has 0 aliphatic carbocycles. The Balaban J connectivity index is 3.26. The average Bonchev–Trinajstić information content (AvgIpc) is 2.06. The van der Waals surface area contributed by atoms with E-state index >= 15 is 0 Å². The summed E-state index contributed by atoms with van der Waals surface area (Å²) in [6.07, 6.45) is 0. The zero-order valence-electron chi connectivity index (χ0n) is 7.28. The number of hydrogen-bond donors (Lipinski definition) is 1. The van der Waals surface area contributed by atoms with Crippen LogP contribution in [0.15, 0.2) is 23.1 Å². The smallest absolute Gasteiger partial charge is 0.319 e. The third-order valence-corrected chi connectivity index (χ3v) is 3.39. The van der Waals surface area contributed by atoms with Crippen molar-refractivity contribution in [3.05, 3.63) is 29.0 Å². The predicted octanol–water partition coefficient (Wildman–Crippen LogP) is 1.34. The Kier molecular flexibility index (Phi) is 3.31. The Morgan fingerprint density at radius 1 is 1.47 bits per heavy atom. The summed E-state index contributed by atoms with van der Waals surface area (Å²) in [4.78, 5) is 9.55. The number of benzene rings is 1. The summed E-state index contributed by atoms with van der Waals surface area (Å²) in [5.74, 6) is -3.72. The van der Waals surface area contributed by atoms with Crippen molar-refractivity contribution >= 4 is 27.4 Å². The molecule has 1 N–H and O–H groups in total. The molecule has 0 amide bonds. The second-order valence-electron chi connectivity index (χ2n) is 2.73. The van der Waals surface area contributed by atoms with Gasteiger partial charge in [0.15, 0.2) is 15.6 Å². The molecule has 1 rings (SSSR count). The summed E-state index contributed by atoms with van der Waals surface area (Å²) in [7, 11) is -4.17. The van der Waals surface area contributed by atoms with Crippen LogP contribution in [0, 0.1) is 5.82 Å².